The third-order valence-corrected chi connectivity index (χ3v) is 9.06. The van der Waals surface area contributed by atoms with Gasteiger partial charge in [-0.1, -0.05) is 35.9 Å². The minimum absolute atomic E-state index is 0. The van der Waals surface area contributed by atoms with Crippen LogP contribution in [0.5, 0.6) is 5.75 Å². The van der Waals surface area contributed by atoms with Crippen LogP contribution in [0.25, 0.3) is 10.2 Å². The van der Waals surface area contributed by atoms with Crippen LogP contribution in [0.1, 0.15) is 16.0 Å². The van der Waals surface area contributed by atoms with E-state index < -0.39 is 0 Å². The van der Waals surface area contributed by atoms with Crippen LogP contribution in [0.3, 0.4) is 0 Å². The van der Waals surface area contributed by atoms with Gasteiger partial charge in [0.2, 0.25) is 0 Å². The number of benzene rings is 2. The standard InChI is InChI=1S/C29H32ClN5O2S.3ClH/c1-37-25-5-3-2-4-24(25)34-15-12-32(13-16-34)14-17-35-20-31-28-27(29(35)36)23-10-11-33(19-26(23)38-28)18-21-6-8-22(30)9-7-21;;;/h2-9,20H,10-19H2,1H3;3*1H. The topological polar surface area (TPSA) is 53.8 Å². The van der Waals surface area contributed by atoms with Crippen molar-refractivity contribution in [2.45, 2.75) is 26.1 Å². The monoisotopic (exact) mass is 657 g/mol. The fourth-order valence-electron chi connectivity index (χ4n) is 5.57. The SMILES string of the molecule is COc1ccccc1N1CCN(CCn2cnc3sc4c(c3c2=O)CCN(Cc2ccc(Cl)cc2)C4)CC1.Cl.Cl.Cl. The van der Waals surface area contributed by atoms with E-state index in [1.807, 2.05) is 28.8 Å². The number of nitrogens with zero attached hydrogens (tertiary/aromatic N) is 5. The van der Waals surface area contributed by atoms with Gasteiger partial charge in [-0.15, -0.1) is 48.6 Å². The van der Waals surface area contributed by atoms with Crippen molar-refractivity contribution in [1.29, 1.82) is 0 Å². The van der Waals surface area contributed by atoms with Crippen LogP contribution >= 0.6 is 60.2 Å². The summed E-state index contributed by atoms with van der Waals surface area (Å²) in [6.45, 7) is 7.97. The van der Waals surface area contributed by atoms with Gasteiger partial charge in [0, 0.05) is 68.8 Å². The average molecular weight is 660 g/mol. The first kappa shape index (κ1) is 33.5. The van der Waals surface area contributed by atoms with Crippen LogP contribution < -0.4 is 15.2 Å². The van der Waals surface area contributed by atoms with Crippen LogP contribution in [0.4, 0.5) is 5.69 Å². The van der Waals surface area contributed by atoms with Gasteiger partial charge in [0.15, 0.2) is 0 Å². The highest BCUT2D eigenvalue weighted by atomic mass is 35.5. The second-order valence-corrected chi connectivity index (χ2v) is 11.5. The normalized spacial score (nSPS) is 15.4. The number of aromatic nitrogens is 2. The van der Waals surface area contributed by atoms with Crippen LogP contribution in [0.15, 0.2) is 59.7 Å². The van der Waals surface area contributed by atoms with Gasteiger partial charge in [0.1, 0.15) is 10.6 Å². The summed E-state index contributed by atoms with van der Waals surface area (Å²) in [5.41, 5.74) is 3.71. The molecule has 0 amide bonds. The molecule has 1 saturated heterocycles. The smallest absolute Gasteiger partial charge is 0.262 e. The lowest BCUT2D eigenvalue weighted by molar-refractivity contribution is 0.246. The van der Waals surface area contributed by atoms with E-state index in [9.17, 15) is 4.79 Å². The zero-order valence-corrected chi connectivity index (χ0v) is 26.9. The van der Waals surface area contributed by atoms with E-state index in [1.54, 1.807) is 24.8 Å². The highest BCUT2D eigenvalue weighted by molar-refractivity contribution is 7.18. The predicted octanol–water partition coefficient (Wildman–Crippen LogP) is 5.77. The van der Waals surface area contributed by atoms with Crippen LogP contribution in [0.2, 0.25) is 5.02 Å². The zero-order chi connectivity index (χ0) is 26.1. The third-order valence-electron chi connectivity index (χ3n) is 7.68. The molecule has 2 aliphatic rings. The summed E-state index contributed by atoms with van der Waals surface area (Å²) in [4.78, 5) is 27.6. The number of halogens is 4. The number of piperazine rings is 1. The van der Waals surface area contributed by atoms with Crippen molar-refractivity contribution in [3.05, 3.63) is 86.2 Å². The molecule has 7 nitrogen and oxygen atoms in total. The van der Waals surface area contributed by atoms with E-state index >= 15 is 0 Å². The molecule has 4 aromatic rings. The number of hydrogen-bond donors (Lipinski definition) is 0. The zero-order valence-electron chi connectivity index (χ0n) is 22.8. The number of rotatable bonds is 7. The molecule has 0 radical (unpaired) electrons. The van der Waals surface area contributed by atoms with Gasteiger partial charge in [-0.3, -0.25) is 19.2 Å². The van der Waals surface area contributed by atoms with Crippen molar-refractivity contribution in [1.82, 2.24) is 19.4 Å². The van der Waals surface area contributed by atoms with E-state index in [-0.39, 0.29) is 42.8 Å². The van der Waals surface area contributed by atoms with Crippen molar-refractivity contribution >= 4 is 76.1 Å². The Hall–Kier alpha value is -2.04. The van der Waals surface area contributed by atoms with E-state index in [0.717, 1.165) is 85.5 Å². The Labute approximate surface area is 268 Å². The summed E-state index contributed by atoms with van der Waals surface area (Å²) < 4.78 is 7.35. The van der Waals surface area contributed by atoms with E-state index in [4.69, 9.17) is 21.3 Å². The van der Waals surface area contributed by atoms with Crippen molar-refractivity contribution in [2.24, 2.45) is 0 Å². The Bertz CT molecular complexity index is 1490. The summed E-state index contributed by atoms with van der Waals surface area (Å²) >= 11 is 7.71. The summed E-state index contributed by atoms with van der Waals surface area (Å²) in [6, 6.07) is 16.2. The lowest BCUT2D eigenvalue weighted by atomic mass is 10.0. The molecule has 2 aromatic heterocycles. The average Bonchev–Trinajstić information content (AvgIpc) is 3.33. The fraction of sp³-hybridized carbons (Fsp3) is 0.379. The molecule has 41 heavy (non-hydrogen) atoms. The van der Waals surface area contributed by atoms with Crippen molar-refractivity contribution in [3.8, 4) is 5.75 Å². The second kappa shape index (κ2) is 14.9. The maximum absolute atomic E-state index is 13.5. The van der Waals surface area contributed by atoms with Gasteiger partial charge in [-0.05, 0) is 41.8 Å². The first-order chi connectivity index (χ1) is 18.6. The molecule has 0 aliphatic carbocycles. The number of anilines is 1. The first-order valence-electron chi connectivity index (χ1n) is 13.2. The fourth-order valence-corrected chi connectivity index (χ4v) is 6.91. The summed E-state index contributed by atoms with van der Waals surface area (Å²) in [5.74, 6) is 0.916. The van der Waals surface area contributed by atoms with Crippen molar-refractivity contribution in [2.75, 3.05) is 51.3 Å². The van der Waals surface area contributed by atoms with Crippen LogP contribution in [0, 0.1) is 0 Å². The molecule has 2 aromatic carbocycles. The Balaban J connectivity index is 0.00000154. The first-order valence-corrected chi connectivity index (χ1v) is 14.4. The number of ether oxygens (including phenoxy) is 1. The molecule has 2 aliphatic heterocycles. The van der Waals surface area contributed by atoms with Gasteiger partial charge < -0.3 is 9.64 Å². The molecular weight excluding hydrogens is 624 g/mol. The van der Waals surface area contributed by atoms with E-state index in [0.29, 0.717) is 6.54 Å². The number of thiophene rings is 1. The van der Waals surface area contributed by atoms with Gasteiger partial charge in [0.05, 0.1) is 24.5 Å². The molecule has 0 N–H and O–H groups in total. The molecule has 0 unspecified atom stereocenters. The van der Waals surface area contributed by atoms with Crippen LogP contribution in [-0.2, 0) is 26.1 Å². The third kappa shape index (κ3) is 7.31. The molecule has 222 valence electrons. The minimum Gasteiger partial charge on any atom is -0.495 e. The molecule has 0 saturated carbocycles. The summed E-state index contributed by atoms with van der Waals surface area (Å²) in [7, 11) is 1.72. The highest BCUT2D eigenvalue weighted by Crippen LogP contribution is 2.33. The molecule has 0 atom stereocenters. The molecular formula is C29H35Cl4N5O2S. The molecule has 0 bridgehead atoms. The van der Waals surface area contributed by atoms with Gasteiger partial charge in [-0.25, -0.2) is 4.98 Å². The Morgan fingerprint density at radius 2 is 1.66 bits per heavy atom. The predicted molar refractivity (Wildman–Crippen MR) is 177 cm³/mol. The van der Waals surface area contributed by atoms with Gasteiger partial charge in [0.25, 0.3) is 5.56 Å². The molecule has 1 fully saturated rings. The molecule has 4 heterocycles. The summed E-state index contributed by atoms with van der Waals surface area (Å²) in [6.07, 6.45) is 2.62. The quantitative estimate of drug-likeness (QED) is 0.252. The Morgan fingerprint density at radius 1 is 0.927 bits per heavy atom. The number of methoxy groups -OCH3 is 1. The van der Waals surface area contributed by atoms with Gasteiger partial charge >= 0.3 is 0 Å². The largest absolute Gasteiger partial charge is 0.495 e. The highest BCUT2D eigenvalue weighted by Gasteiger charge is 2.24. The second-order valence-electron chi connectivity index (χ2n) is 10.0. The maximum Gasteiger partial charge on any atom is 0.262 e. The lowest BCUT2D eigenvalue weighted by Crippen LogP contribution is -2.47. The number of para-hydroxylation sites is 2. The Kier molecular flexibility index (Phi) is 12.2. The minimum atomic E-state index is 0. The van der Waals surface area contributed by atoms with Crippen molar-refractivity contribution < 1.29 is 4.74 Å². The maximum atomic E-state index is 13.5. The van der Waals surface area contributed by atoms with Crippen molar-refractivity contribution in [3.63, 3.8) is 0 Å². The van der Waals surface area contributed by atoms with E-state index in [1.165, 1.54) is 16.0 Å². The molecule has 12 heteroatoms. The molecule has 0 spiro atoms. The van der Waals surface area contributed by atoms with Gasteiger partial charge in [-0.2, -0.15) is 0 Å². The number of hydrogen-bond acceptors (Lipinski definition) is 7. The van der Waals surface area contributed by atoms with Crippen LogP contribution in [-0.4, -0.2) is 65.7 Å². The van der Waals surface area contributed by atoms with E-state index in [2.05, 4.69) is 39.0 Å². The lowest BCUT2D eigenvalue weighted by Gasteiger charge is -2.36. The number of fused-ring (bicyclic) bond motifs is 3. The Morgan fingerprint density at radius 3 is 2.39 bits per heavy atom. The molecule has 6 rings (SSSR count). The summed E-state index contributed by atoms with van der Waals surface area (Å²) in [5, 5.41) is 1.59.